The van der Waals surface area contributed by atoms with Crippen molar-refractivity contribution in [2.24, 2.45) is 11.8 Å². The second-order valence-electron chi connectivity index (χ2n) is 16.8. The Morgan fingerprint density at radius 2 is 0.717 bits per heavy atom. The van der Waals surface area contributed by atoms with Gasteiger partial charge in [0, 0.05) is 19.3 Å². The van der Waals surface area contributed by atoms with Gasteiger partial charge in [0.05, 0.1) is 0 Å². The molecule has 6 heteroatoms. The average molecular weight is 751 g/mol. The van der Waals surface area contributed by atoms with Crippen molar-refractivity contribution in [2.45, 2.75) is 259 Å². The molecule has 0 aromatic rings. The summed E-state index contributed by atoms with van der Waals surface area (Å²) in [6, 6.07) is 0. The smallest absolute Gasteiger partial charge is 0.306 e. The molecule has 0 fully saturated rings. The summed E-state index contributed by atoms with van der Waals surface area (Å²) in [5.74, 6) is 0.805. The van der Waals surface area contributed by atoms with Crippen molar-refractivity contribution in [2.75, 3.05) is 13.2 Å². The first kappa shape index (κ1) is 51.4. The number of ether oxygens (including phenoxy) is 3. The van der Waals surface area contributed by atoms with Gasteiger partial charge in [-0.2, -0.15) is 0 Å². The first-order valence-corrected chi connectivity index (χ1v) is 23.3. The van der Waals surface area contributed by atoms with Gasteiger partial charge in [-0.3, -0.25) is 14.4 Å². The third-order valence-electron chi connectivity index (χ3n) is 10.8. The summed E-state index contributed by atoms with van der Waals surface area (Å²) in [6.45, 7) is 11.3. The van der Waals surface area contributed by atoms with Gasteiger partial charge in [0.1, 0.15) is 13.2 Å². The lowest BCUT2D eigenvalue weighted by Crippen LogP contribution is -2.30. The maximum Gasteiger partial charge on any atom is 0.306 e. The quantitative estimate of drug-likeness (QED) is 0.0352. The van der Waals surface area contributed by atoms with E-state index in [0.29, 0.717) is 19.3 Å². The number of hydrogen-bond donors (Lipinski definition) is 0. The van der Waals surface area contributed by atoms with E-state index >= 15 is 0 Å². The minimum Gasteiger partial charge on any atom is -0.462 e. The van der Waals surface area contributed by atoms with E-state index in [1.54, 1.807) is 0 Å². The summed E-state index contributed by atoms with van der Waals surface area (Å²) >= 11 is 0. The second kappa shape index (κ2) is 40.1. The minimum absolute atomic E-state index is 0.0650. The van der Waals surface area contributed by atoms with Crippen molar-refractivity contribution in [3.8, 4) is 0 Å². The Bertz CT molecular complexity index is 811. The summed E-state index contributed by atoms with van der Waals surface area (Å²) in [6.07, 6.45) is 37.9. The van der Waals surface area contributed by atoms with Gasteiger partial charge < -0.3 is 14.2 Å². The molecule has 0 bridgehead atoms. The third-order valence-corrected chi connectivity index (χ3v) is 10.8. The number of carbonyl (C=O) groups excluding carboxylic acids is 3. The number of carbonyl (C=O) groups is 3. The Kier molecular flexibility index (Phi) is 38.9. The minimum atomic E-state index is -0.760. The van der Waals surface area contributed by atoms with Crippen LogP contribution < -0.4 is 0 Å². The summed E-state index contributed by atoms with van der Waals surface area (Å²) in [5, 5.41) is 0. The first-order valence-electron chi connectivity index (χ1n) is 23.3. The number of rotatable bonds is 41. The molecule has 0 heterocycles. The fraction of sp³-hybridized carbons (Fsp3) is 0.936. The van der Waals surface area contributed by atoms with Gasteiger partial charge in [0.15, 0.2) is 6.10 Å². The van der Waals surface area contributed by atoms with Crippen LogP contribution in [0.2, 0.25) is 0 Å². The molecule has 0 saturated carbocycles. The fourth-order valence-corrected chi connectivity index (χ4v) is 6.90. The Labute approximate surface area is 329 Å². The van der Waals surface area contributed by atoms with E-state index < -0.39 is 6.10 Å². The maximum atomic E-state index is 12.7. The van der Waals surface area contributed by atoms with E-state index in [4.69, 9.17) is 14.2 Å². The van der Waals surface area contributed by atoms with Gasteiger partial charge in [-0.05, 0) is 31.1 Å². The largest absolute Gasteiger partial charge is 0.462 e. The lowest BCUT2D eigenvalue weighted by atomic mass is 9.99. The molecule has 1 unspecified atom stereocenters. The van der Waals surface area contributed by atoms with Gasteiger partial charge in [-0.1, -0.05) is 214 Å². The van der Waals surface area contributed by atoms with E-state index in [2.05, 4.69) is 34.6 Å². The zero-order valence-corrected chi connectivity index (χ0v) is 36.1. The van der Waals surface area contributed by atoms with Crippen LogP contribution in [-0.2, 0) is 28.6 Å². The van der Waals surface area contributed by atoms with E-state index in [9.17, 15) is 14.4 Å². The Hall–Kier alpha value is -1.59. The normalized spacial score (nSPS) is 12.6. The maximum absolute atomic E-state index is 12.7. The van der Waals surface area contributed by atoms with Crippen LogP contribution >= 0.6 is 0 Å². The Balaban J connectivity index is 4.34. The Morgan fingerprint density at radius 3 is 1.08 bits per heavy atom. The highest BCUT2D eigenvalue weighted by Crippen LogP contribution is 2.17. The number of esters is 3. The van der Waals surface area contributed by atoms with Gasteiger partial charge in [0.2, 0.25) is 0 Å². The highest BCUT2D eigenvalue weighted by molar-refractivity contribution is 5.71. The predicted octanol–water partition coefficient (Wildman–Crippen LogP) is 14.6. The zero-order valence-electron chi connectivity index (χ0n) is 36.1. The topological polar surface area (TPSA) is 78.9 Å². The Morgan fingerprint density at radius 1 is 0.396 bits per heavy atom. The van der Waals surface area contributed by atoms with Crippen LogP contribution in [0.4, 0.5) is 0 Å². The molecule has 0 aliphatic heterocycles. The molecular weight excluding hydrogens is 661 g/mol. The molecular formula is C47H90O6. The van der Waals surface area contributed by atoms with Crippen LogP contribution in [0.15, 0.2) is 0 Å². The fourth-order valence-electron chi connectivity index (χ4n) is 6.90. The van der Waals surface area contributed by atoms with E-state index in [1.807, 2.05) is 0 Å². The highest BCUT2D eigenvalue weighted by Gasteiger charge is 2.19. The summed E-state index contributed by atoms with van der Waals surface area (Å²) in [5.41, 5.74) is 0. The lowest BCUT2D eigenvalue weighted by Gasteiger charge is -2.18. The highest BCUT2D eigenvalue weighted by atomic mass is 16.6. The summed E-state index contributed by atoms with van der Waals surface area (Å²) < 4.78 is 16.7. The molecule has 0 N–H and O–H groups in total. The standard InChI is InChI=1S/C47H90O6/c1-6-8-9-10-11-12-16-22-27-32-37-45(48)51-40-44(41-52-46(49)38-33-28-23-19-18-21-26-31-36-43(5)7-2)53-47(50)39-34-29-24-17-14-13-15-20-25-30-35-42(3)4/h42-44H,6-41H2,1-5H3/t43?,44-/m0/s1. The van der Waals surface area contributed by atoms with Crippen molar-refractivity contribution < 1.29 is 28.6 Å². The molecule has 53 heavy (non-hydrogen) atoms. The van der Waals surface area contributed by atoms with Gasteiger partial charge in [-0.15, -0.1) is 0 Å². The van der Waals surface area contributed by atoms with Crippen molar-refractivity contribution in [3.05, 3.63) is 0 Å². The van der Waals surface area contributed by atoms with Crippen molar-refractivity contribution in [1.29, 1.82) is 0 Å². The zero-order chi connectivity index (χ0) is 39.0. The monoisotopic (exact) mass is 751 g/mol. The molecule has 0 radical (unpaired) electrons. The average Bonchev–Trinajstić information content (AvgIpc) is 3.14. The predicted molar refractivity (Wildman–Crippen MR) is 224 cm³/mol. The third kappa shape index (κ3) is 39.9. The molecule has 0 aromatic carbocycles. The van der Waals surface area contributed by atoms with Crippen molar-refractivity contribution >= 4 is 17.9 Å². The molecule has 0 spiro atoms. The van der Waals surface area contributed by atoms with Crippen LogP contribution in [0.25, 0.3) is 0 Å². The molecule has 6 nitrogen and oxygen atoms in total. The number of hydrogen-bond acceptors (Lipinski definition) is 6. The van der Waals surface area contributed by atoms with Crippen LogP contribution in [0, 0.1) is 11.8 Å². The van der Waals surface area contributed by atoms with E-state index in [-0.39, 0.29) is 31.1 Å². The summed E-state index contributed by atoms with van der Waals surface area (Å²) in [4.78, 5) is 37.7. The second-order valence-corrected chi connectivity index (χ2v) is 16.8. The van der Waals surface area contributed by atoms with Crippen molar-refractivity contribution in [3.63, 3.8) is 0 Å². The van der Waals surface area contributed by atoms with Crippen LogP contribution in [0.1, 0.15) is 253 Å². The molecule has 2 atom stereocenters. The first-order chi connectivity index (χ1) is 25.8. The van der Waals surface area contributed by atoms with Gasteiger partial charge in [-0.25, -0.2) is 0 Å². The molecule has 0 aliphatic rings. The van der Waals surface area contributed by atoms with Crippen molar-refractivity contribution in [1.82, 2.24) is 0 Å². The lowest BCUT2D eigenvalue weighted by molar-refractivity contribution is -0.167. The molecule has 0 aliphatic carbocycles. The van der Waals surface area contributed by atoms with Crippen LogP contribution in [0.5, 0.6) is 0 Å². The van der Waals surface area contributed by atoms with E-state index in [0.717, 1.165) is 69.6 Å². The van der Waals surface area contributed by atoms with Crippen LogP contribution in [-0.4, -0.2) is 37.2 Å². The SMILES string of the molecule is CCCCCCCCCCCCC(=O)OC[C@@H](COC(=O)CCCCCCCCCCC(C)CC)OC(=O)CCCCCCCCCCCCC(C)C. The molecule has 0 rings (SSSR count). The van der Waals surface area contributed by atoms with Crippen LogP contribution in [0.3, 0.4) is 0 Å². The van der Waals surface area contributed by atoms with E-state index in [1.165, 1.54) is 141 Å². The summed E-state index contributed by atoms with van der Waals surface area (Å²) in [7, 11) is 0. The molecule has 0 aromatic heterocycles. The molecule has 0 amide bonds. The molecule has 314 valence electrons. The number of unbranched alkanes of at least 4 members (excludes halogenated alkanes) is 25. The molecule has 0 saturated heterocycles. The van der Waals surface area contributed by atoms with Gasteiger partial charge >= 0.3 is 17.9 Å². The van der Waals surface area contributed by atoms with Gasteiger partial charge in [0.25, 0.3) is 0 Å².